The molecule has 1 rings (SSSR count). The van der Waals surface area contributed by atoms with Crippen LogP contribution in [0.3, 0.4) is 0 Å². The van der Waals surface area contributed by atoms with Gasteiger partial charge >= 0.3 is 0 Å². The maximum Gasteiger partial charge on any atom is 0.146 e. The lowest BCUT2D eigenvalue weighted by Crippen LogP contribution is -2.43. The fourth-order valence-electron chi connectivity index (χ4n) is 1.78. The van der Waals surface area contributed by atoms with E-state index < -0.39 is 0 Å². The number of likely N-dealkylation sites (tertiary alicyclic amines) is 1. The summed E-state index contributed by atoms with van der Waals surface area (Å²) in [6.45, 7) is 5.80. The molecule has 76 valence electrons. The number of nitrogens with zero attached hydrogens (tertiary/aromatic N) is 1. The Labute approximate surface area is 79.7 Å². The lowest BCUT2D eigenvalue weighted by atomic mass is 9.96. The second kappa shape index (κ2) is 4.72. The molecule has 1 fully saturated rings. The SMILES string of the molecule is CC(=O)C(C)N1CCC(CO)CC1. The van der Waals surface area contributed by atoms with E-state index in [-0.39, 0.29) is 11.8 Å². The molecule has 0 amide bonds. The van der Waals surface area contributed by atoms with Gasteiger partial charge in [0.15, 0.2) is 0 Å². The Hall–Kier alpha value is -0.410. The number of piperidine rings is 1. The number of Topliss-reactive ketones (excluding diaryl/α,β-unsaturated/α-hetero) is 1. The number of rotatable bonds is 3. The zero-order valence-electron chi connectivity index (χ0n) is 8.49. The minimum absolute atomic E-state index is 0.0552. The molecule has 1 unspecified atom stereocenters. The summed E-state index contributed by atoms with van der Waals surface area (Å²) < 4.78 is 0. The summed E-state index contributed by atoms with van der Waals surface area (Å²) in [5.74, 6) is 0.692. The lowest BCUT2D eigenvalue weighted by molar-refractivity contribution is -0.122. The molecule has 3 heteroatoms. The summed E-state index contributed by atoms with van der Waals surface area (Å²) in [7, 11) is 0. The molecule has 3 nitrogen and oxygen atoms in total. The van der Waals surface area contributed by atoms with E-state index in [1.807, 2.05) is 6.92 Å². The third-order valence-corrected chi connectivity index (χ3v) is 3.04. The molecule has 13 heavy (non-hydrogen) atoms. The summed E-state index contributed by atoms with van der Waals surface area (Å²) in [6, 6.07) is 0.0552. The van der Waals surface area contributed by atoms with Crippen LogP contribution in [0.5, 0.6) is 0 Å². The fraction of sp³-hybridized carbons (Fsp3) is 0.900. The van der Waals surface area contributed by atoms with Crippen molar-refractivity contribution in [3.05, 3.63) is 0 Å². The second-order valence-electron chi connectivity index (χ2n) is 3.95. The number of carbonyl (C=O) groups excluding carboxylic acids is 1. The largest absolute Gasteiger partial charge is 0.396 e. The van der Waals surface area contributed by atoms with Crippen molar-refractivity contribution in [3.63, 3.8) is 0 Å². The van der Waals surface area contributed by atoms with E-state index in [9.17, 15) is 4.79 Å². The number of aliphatic hydroxyl groups is 1. The molecule has 0 spiro atoms. The van der Waals surface area contributed by atoms with Crippen molar-refractivity contribution in [2.45, 2.75) is 32.7 Å². The number of ketones is 1. The van der Waals surface area contributed by atoms with Crippen LogP contribution in [0.4, 0.5) is 0 Å². The molecule has 0 aromatic heterocycles. The molecular weight excluding hydrogens is 166 g/mol. The van der Waals surface area contributed by atoms with Crippen LogP contribution in [-0.2, 0) is 4.79 Å². The number of hydrogen-bond donors (Lipinski definition) is 1. The van der Waals surface area contributed by atoms with Crippen molar-refractivity contribution in [2.75, 3.05) is 19.7 Å². The monoisotopic (exact) mass is 185 g/mol. The van der Waals surface area contributed by atoms with Crippen molar-refractivity contribution in [1.82, 2.24) is 4.90 Å². The van der Waals surface area contributed by atoms with Crippen LogP contribution < -0.4 is 0 Å². The molecule has 0 aromatic carbocycles. The first-order valence-electron chi connectivity index (χ1n) is 5.00. The lowest BCUT2D eigenvalue weighted by Gasteiger charge is -2.34. The molecule has 0 radical (unpaired) electrons. The molecule has 1 aliphatic rings. The van der Waals surface area contributed by atoms with E-state index in [2.05, 4.69) is 4.90 Å². The van der Waals surface area contributed by atoms with Gasteiger partial charge in [0.1, 0.15) is 5.78 Å². The van der Waals surface area contributed by atoms with Gasteiger partial charge in [0.2, 0.25) is 0 Å². The zero-order chi connectivity index (χ0) is 9.84. The minimum atomic E-state index is 0.0552. The number of carbonyl (C=O) groups is 1. The van der Waals surface area contributed by atoms with Crippen molar-refractivity contribution in [2.24, 2.45) is 5.92 Å². The summed E-state index contributed by atoms with van der Waals surface area (Å²) >= 11 is 0. The van der Waals surface area contributed by atoms with Crippen LogP contribution >= 0.6 is 0 Å². The standard InChI is InChI=1S/C10H19NO2/c1-8(9(2)13)11-5-3-10(7-12)4-6-11/h8,10,12H,3-7H2,1-2H3. The molecular formula is C10H19NO2. The second-order valence-corrected chi connectivity index (χ2v) is 3.95. The van der Waals surface area contributed by atoms with Gasteiger partial charge in [0, 0.05) is 6.61 Å². The van der Waals surface area contributed by atoms with Crippen LogP contribution in [0.15, 0.2) is 0 Å². The number of aliphatic hydroxyl groups excluding tert-OH is 1. The average Bonchev–Trinajstić information content (AvgIpc) is 2.17. The predicted molar refractivity (Wildman–Crippen MR) is 51.5 cm³/mol. The van der Waals surface area contributed by atoms with E-state index >= 15 is 0 Å². The van der Waals surface area contributed by atoms with Gasteiger partial charge in [-0.3, -0.25) is 9.69 Å². The summed E-state index contributed by atoms with van der Waals surface area (Å²) in [4.78, 5) is 13.3. The molecule has 1 atom stereocenters. The molecule has 1 saturated heterocycles. The van der Waals surface area contributed by atoms with Crippen molar-refractivity contribution in [1.29, 1.82) is 0 Å². The van der Waals surface area contributed by atoms with Gasteiger partial charge in [-0.15, -0.1) is 0 Å². The third kappa shape index (κ3) is 2.78. The Bertz CT molecular complexity index is 174. The molecule has 0 aliphatic carbocycles. The van der Waals surface area contributed by atoms with Crippen molar-refractivity contribution >= 4 is 5.78 Å². The highest BCUT2D eigenvalue weighted by Crippen LogP contribution is 2.18. The highest BCUT2D eigenvalue weighted by Gasteiger charge is 2.23. The van der Waals surface area contributed by atoms with Gasteiger partial charge in [-0.25, -0.2) is 0 Å². The smallest absolute Gasteiger partial charge is 0.146 e. The van der Waals surface area contributed by atoms with E-state index in [1.54, 1.807) is 6.92 Å². The molecule has 1 N–H and O–H groups in total. The quantitative estimate of drug-likeness (QED) is 0.702. The van der Waals surface area contributed by atoms with Gasteiger partial charge in [0.05, 0.1) is 6.04 Å². The maximum atomic E-state index is 11.1. The minimum Gasteiger partial charge on any atom is -0.396 e. The van der Waals surface area contributed by atoms with Crippen molar-refractivity contribution in [3.8, 4) is 0 Å². The number of hydrogen-bond acceptors (Lipinski definition) is 3. The highest BCUT2D eigenvalue weighted by atomic mass is 16.3. The summed E-state index contributed by atoms with van der Waals surface area (Å²) in [5, 5.41) is 8.94. The normalized spacial score (nSPS) is 23.0. The third-order valence-electron chi connectivity index (χ3n) is 3.04. The molecule has 0 saturated carbocycles. The molecule has 0 bridgehead atoms. The van der Waals surface area contributed by atoms with Gasteiger partial charge in [-0.2, -0.15) is 0 Å². The van der Waals surface area contributed by atoms with Crippen LogP contribution in [0.25, 0.3) is 0 Å². The average molecular weight is 185 g/mol. The summed E-state index contributed by atoms with van der Waals surface area (Å²) in [6.07, 6.45) is 2.04. The van der Waals surface area contributed by atoms with E-state index in [4.69, 9.17) is 5.11 Å². The van der Waals surface area contributed by atoms with Crippen LogP contribution in [-0.4, -0.2) is 41.5 Å². The topological polar surface area (TPSA) is 40.5 Å². The van der Waals surface area contributed by atoms with Crippen LogP contribution in [0.1, 0.15) is 26.7 Å². The Morgan fingerprint density at radius 1 is 1.54 bits per heavy atom. The van der Waals surface area contributed by atoms with Gasteiger partial charge in [-0.1, -0.05) is 0 Å². The van der Waals surface area contributed by atoms with E-state index in [0.29, 0.717) is 12.5 Å². The van der Waals surface area contributed by atoms with E-state index in [1.165, 1.54) is 0 Å². The van der Waals surface area contributed by atoms with Gasteiger partial charge < -0.3 is 5.11 Å². The first-order valence-corrected chi connectivity index (χ1v) is 5.00. The Morgan fingerprint density at radius 2 is 2.08 bits per heavy atom. The molecule has 1 aliphatic heterocycles. The molecule has 1 heterocycles. The first-order chi connectivity index (χ1) is 6.15. The Balaban J connectivity index is 2.36. The highest BCUT2D eigenvalue weighted by molar-refractivity contribution is 5.80. The predicted octanol–water partition coefficient (Wildman–Crippen LogP) is 0.668. The van der Waals surface area contributed by atoms with Gasteiger partial charge in [0.25, 0.3) is 0 Å². The Morgan fingerprint density at radius 3 is 2.46 bits per heavy atom. The Kier molecular flexibility index (Phi) is 3.88. The zero-order valence-corrected chi connectivity index (χ0v) is 8.49. The summed E-state index contributed by atoms with van der Waals surface area (Å²) in [5.41, 5.74) is 0. The van der Waals surface area contributed by atoms with Crippen LogP contribution in [0.2, 0.25) is 0 Å². The van der Waals surface area contributed by atoms with E-state index in [0.717, 1.165) is 25.9 Å². The fourth-order valence-corrected chi connectivity index (χ4v) is 1.78. The van der Waals surface area contributed by atoms with Crippen LogP contribution in [0, 0.1) is 5.92 Å². The van der Waals surface area contributed by atoms with Crippen molar-refractivity contribution < 1.29 is 9.90 Å². The maximum absolute atomic E-state index is 11.1. The molecule has 0 aromatic rings. The first kappa shape index (κ1) is 10.7. The van der Waals surface area contributed by atoms with Gasteiger partial charge in [-0.05, 0) is 45.7 Å².